The fourth-order valence-corrected chi connectivity index (χ4v) is 5.81. The van der Waals surface area contributed by atoms with Gasteiger partial charge in [0.15, 0.2) is 11.3 Å². The molecule has 0 radical (unpaired) electrons. The summed E-state index contributed by atoms with van der Waals surface area (Å²) in [6.45, 7) is 0.433. The molecule has 1 saturated heterocycles. The van der Waals surface area contributed by atoms with Crippen LogP contribution in [0.1, 0.15) is 22.9 Å². The summed E-state index contributed by atoms with van der Waals surface area (Å²) in [4.78, 5) is 27.4. The molecule has 2 aliphatic rings. The van der Waals surface area contributed by atoms with E-state index in [1.165, 1.54) is 23.9 Å². The number of benzene rings is 3. The van der Waals surface area contributed by atoms with E-state index in [0.717, 1.165) is 37.3 Å². The third-order valence-electron chi connectivity index (χ3n) is 6.51. The minimum absolute atomic E-state index is 0.0215. The summed E-state index contributed by atoms with van der Waals surface area (Å²) in [7, 11) is 0. The molecule has 2 aliphatic heterocycles. The Labute approximate surface area is 225 Å². The van der Waals surface area contributed by atoms with Gasteiger partial charge in [-0.25, -0.2) is 9.07 Å². The summed E-state index contributed by atoms with van der Waals surface area (Å²) >= 11 is 4.74. The number of thioether (sulfide) groups is 1. The normalized spacial score (nSPS) is 17.0. The Morgan fingerprint density at radius 1 is 1.05 bits per heavy atom. The van der Waals surface area contributed by atoms with Gasteiger partial charge in [0, 0.05) is 39.7 Å². The zero-order chi connectivity index (χ0) is 25.5. The maximum atomic E-state index is 13.7. The van der Waals surface area contributed by atoms with E-state index in [1.54, 1.807) is 21.7 Å². The first kappa shape index (κ1) is 24.1. The van der Waals surface area contributed by atoms with Crippen molar-refractivity contribution in [3.63, 3.8) is 0 Å². The summed E-state index contributed by atoms with van der Waals surface area (Å²) in [6.07, 6.45) is 2.32. The number of hydrogen-bond acceptors (Lipinski definition) is 5. The second-order valence-corrected chi connectivity index (χ2v) is 11.0. The van der Waals surface area contributed by atoms with Crippen LogP contribution in [-0.2, 0) is 27.2 Å². The second kappa shape index (κ2) is 9.89. The molecule has 0 spiro atoms. The van der Waals surface area contributed by atoms with Crippen LogP contribution in [0.25, 0.3) is 16.9 Å². The molecule has 1 aromatic heterocycles. The molecular formula is C28H21BrFN3O3S. The minimum atomic E-state index is -0.622. The Bertz CT molecular complexity index is 1500. The maximum Gasteiger partial charge on any atom is 0.250 e. The van der Waals surface area contributed by atoms with E-state index in [0.29, 0.717) is 25.1 Å². The summed E-state index contributed by atoms with van der Waals surface area (Å²) in [5.41, 5.74) is 5.05. The van der Waals surface area contributed by atoms with Gasteiger partial charge in [0.1, 0.15) is 18.1 Å². The highest BCUT2D eigenvalue weighted by molar-refractivity contribution is 9.10. The highest BCUT2D eigenvalue weighted by atomic mass is 79.9. The van der Waals surface area contributed by atoms with Crippen LogP contribution in [0.5, 0.6) is 0 Å². The molecular weight excluding hydrogens is 557 g/mol. The zero-order valence-corrected chi connectivity index (χ0v) is 22.0. The van der Waals surface area contributed by atoms with Gasteiger partial charge in [-0.15, -0.1) is 0 Å². The van der Waals surface area contributed by atoms with E-state index in [1.807, 2.05) is 42.6 Å². The molecule has 4 aromatic rings. The number of carbonyl (C=O) groups excluding carboxylic acids is 2. The lowest BCUT2D eigenvalue weighted by atomic mass is 10.0. The second-order valence-electron chi connectivity index (χ2n) is 8.95. The molecule has 186 valence electrons. The molecule has 1 atom stereocenters. The van der Waals surface area contributed by atoms with Crippen molar-refractivity contribution >= 4 is 38.7 Å². The largest absolute Gasteiger partial charge is 0.344 e. The lowest BCUT2D eigenvalue weighted by molar-refractivity contribution is -0.128. The fraction of sp³-hybridized carbons (Fsp3) is 0.179. The number of nitrogens with zero attached hydrogens (tertiary/aromatic N) is 3. The van der Waals surface area contributed by atoms with Crippen LogP contribution in [0.15, 0.2) is 82.3 Å². The average Bonchev–Trinajstić information content (AvgIpc) is 3.59. The summed E-state index contributed by atoms with van der Waals surface area (Å²) in [5, 5.41) is 4.96. The quantitative estimate of drug-likeness (QED) is 0.293. The Hall–Kier alpha value is -3.27. The van der Waals surface area contributed by atoms with Gasteiger partial charge in [-0.3, -0.25) is 9.59 Å². The van der Waals surface area contributed by atoms with Gasteiger partial charge in [0.2, 0.25) is 0 Å². The molecule has 3 heterocycles. The van der Waals surface area contributed by atoms with Gasteiger partial charge in [0.05, 0.1) is 5.69 Å². The summed E-state index contributed by atoms with van der Waals surface area (Å²) in [6, 6.07) is 19.9. The topological polar surface area (TPSA) is 64.4 Å². The van der Waals surface area contributed by atoms with Crippen LogP contribution in [0.2, 0.25) is 0 Å². The molecule has 37 heavy (non-hydrogen) atoms. The summed E-state index contributed by atoms with van der Waals surface area (Å²) in [5.74, 6) is -0.431. The molecule has 0 N–H and O–H groups in total. The van der Waals surface area contributed by atoms with Gasteiger partial charge in [-0.05, 0) is 72.1 Å². The predicted molar refractivity (Wildman–Crippen MR) is 142 cm³/mol. The third-order valence-corrected chi connectivity index (χ3v) is 8.03. The van der Waals surface area contributed by atoms with E-state index >= 15 is 0 Å². The van der Waals surface area contributed by atoms with Gasteiger partial charge in [-0.2, -0.15) is 5.10 Å². The molecule has 0 saturated carbocycles. The smallest absolute Gasteiger partial charge is 0.250 e. The van der Waals surface area contributed by atoms with Crippen LogP contribution in [-0.4, -0.2) is 38.9 Å². The maximum absolute atomic E-state index is 13.7. The van der Waals surface area contributed by atoms with Crippen molar-refractivity contribution in [2.75, 3.05) is 13.2 Å². The Morgan fingerprint density at radius 2 is 1.84 bits per heavy atom. The first-order chi connectivity index (χ1) is 17.9. The van der Waals surface area contributed by atoms with Crippen LogP contribution in [0.3, 0.4) is 0 Å². The van der Waals surface area contributed by atoms with Crippen LogP contribution < -0.4 is 0 Å². The Balaban J connectivity index is 1.32. The molecule has 3 aromatic carbocycles. The Kier molecular flexibility index (Phi) is 6.44. The zero-order valence-electron chi connectivity index (χ0n) is 19.6. The number of ether oxygens (including phenoxy) is 1. The van der Waals surface area contributed by atoms with E-state index < -0.39 is 6.23 Å². The molecule has 1 amide bonds. The number of rotatable bonds is 6. The van der Waals surface area contributed by atoms with Gasteiger partial charge < -0.3 is 9.64 Å². The number of aromatic nitrogens is 2. The molecule has 1 unspecified atom stereocenters. The van der Waals surface area contributed by atoms with Crippen molar-refractivity contribution in [2.45, 2.75) is 24.0 Å². The van der Waals surface area contributed by atoms with Crippen molar-refractivity contribution in [2.24, 2.45) is 0 Å². The van der Waals surface area contributed by atoms with Crippen molar-refractivity contribution < 1.29 is 18.7 Å². The van der Waals surface area contributed by atoms with E-state index in [9.17, 15) is 14.0 Å². The summed E-state index contributed by atoms with van der Waals surface area (Å²) < 4.78 is 22.4. The van der Waals surface area contributed by atoms with E-state index in [4.69, 9.17) is 9.84 Å². The molecule has 6 rings (SSSR count). The standard InChI is InChI=1S/C28H21BrFN3O3S/c29-20-4-8-22(9-5-20)33-15-23(27(31-33)18-2-6-21(30)7-3-18)28-32(25(34)16-36-28)12-11-17-1-10-24-19(13-17)14-26(35)37-24/h1-10,13,15,28H,11-12,14,16H2. The first-order valence-corrected chi connectivity index (χ1v) is 13.4. The van der Waals surface area contributed by atoms with E-state index in [-0.39, 0.29) is 23.4 Å². The SMILES string of the molecule is O=C1Cc2cc(CCN3C(=O)COC3c3cn(-c4ccc(Br)cc4)nc3-c3ccc(F)cc3)ccc2S1. The highest BCUT2D eigenvalue weighted by Gasteiger charge is 2.36. The van der Waals surface area contributed by atoms with Crippen molar-refractivity contribution in [1.82, 2.24) is 14.7 Å². The molecule has 1 fully saturated rings. The highest BCUT2D eigenvalue weighted by Crippen LogP contribution is 2.36. The van der Waals surface area contributed by atoms with E-state index in [2.05, 4.69) is 22.0 Å². The monoisotopic (exact) mass is 577 g/mol. The van der Waals surface area contributed by atoms with Crippen molar-refractivity contribution in [3.05, 3.63) is 99.9 Å². The Morgan fingerprint density at radius 3 is 2.62 bits per heavy atom. The number of amides is 1. The van der Waals surface area contributed by atoms with Crippen molar-refractivity contribution in [3.8, 4) is 16.9 Å². The third kappa shape index (κ3) is 4.86. The lowest BCUT2D eigenvalue weighted by Gasteiger charge is -2.23. The van der Waals surface area contributed by atoms with Crippen LogP contribution >= 0.6 is 27.7 Å². The van der Waals surface area contributed by atoms with Gasteiger partial charge >= 0.3 is 0 Å². The minimum Gasteiger partial charge on any atom is -0.344 e. The number of fused-ring (bicyclic) bond motifs is 1. The molecule has 0 aliphatic carbocycles. The molecule has 0 bridgehead atoms. The molecule has 6 nitrogen and oxygen atoms in total. The average molecular weight is 578 g/mol. The number of carbonyl (C=O) groups is 2. The molecule has 9 heteroatoms. The number of halogens is 2. The van der Waals surface area contributed by atoms with Crippen LogP contribution in [0.4, 0.5) is 4.39 Å². The fourth-order valence-electron chi connectivity index (χ4n) is 4.67. The predicted octanol–water partition coefficient (Wildman–Crippen LogP) is 5.72. The van der Waals surface area contributed by atoms with Crippen LogP contribution in [0, 0.1) is 5.82 Å². The van der Waals surface area contributed by atoms with Crippen molar-refractivity contribution in [1.29, 1.82) is 0 Å². The number of hydrogen-bond donors (Lipinski definition) is 0. The lowest BCUT2D eigenvalue weighted by Crippen LogP contribution is -2.30. The van der Waals surface area contributed by atoms with Gasteiger partial charge in [0.25, 0.3) is 5.91 Å². The first-order valence-electron chi connectivity index (χ1n) is 11.8. The van der Waals surface area contributed by atoms with Gasteiger partial charge in [-0.1, -0.05) is 39.8 Å².